The van der Waals surface area contributed by atoms with Crippen LogP contribution in [-0.4, -0.2) is 35.9 Å². The summed E-state index contributed by atoms with van der Waals surface area (Å²) >= 11 is 6.42. The van der Waals surface area contributed by atoms with Crippen molar-refractivity contribution in [2.75, 3.05) is 13.2 Å². The first kappa shape index (κ1) is 25.3. The number of hydrogen-bond donors (Lipinski definition) is 1. The lowest BCUT2D eigenvalue weighted by Crippen LogP contribution is -2.51. The van der Waals surface area contributed by atoms with Crippen LogP contribution >= 0.6 is 11.6 Å². The second kappa shape index (κ2) is 12.2. The van der Waals surface area contributed by atoms with Gasteiger partial charge in [0, 0.05) is 24.5 Å². The Labute approximate surface area is 206 Å². The maximum atomic E-state index is 13.5. The number of halogens is 1. The number of likely N-dealkylation sites (N-methyl/N-ethyl adjacent to an activating group) is 1. The van der Waals surface area contributed by atoms with Crippen molar-refractivity contribution in [3.63, 3.8) is 0 Å². The van der Waals surface area contributed by atoms with E-state index >= 15 is 0 Å². The van der Waals surface area contributed by atoms with Crippen LogP contribution in [0.25, 0.3) is 0 Å². The van der Waals surface area contributed by atoms with E-state index in [1.54, 1.807) is 11.0 Å². The third-order valence-corrected chi connectivity index (χ3v) is 6.20. The molecule has 0 aromatic heterocycles. The molecule has 3 rings (SSSR count). The van der Waals surface area contributed by atoms with E-state index in [0.717, 1.165) is 22.3 Å². The molecule has 0 fully saturated rings. The number of carbonyl (C=O) groups excluding carboxylic acids is 2. The van der Waals surface area contributed by atoms with E-state index in [9.17, 15) is 9.59 Å². The standard InChI is InChI=1S/C28H31ClN2O3/c1-4-30-28(33)25(17-22-12-6-5-7-13-22)31(18-23-14-8-9-15-24(23)29)27(32)19-34-26-16-10-11-20(2)21(26)3/h5-16,25H,4,17-19H2,1-3H3,(H,30,33). The summed E-state index contributed by atoms with van der Waals surface area (Å²) in [5.74, 6) is 0.162. The van der Waals surface area contributed by atoms with Crippen LogP contribution in [0.4, 0.5) is 0 Å². The molecule has 3 aromatic carbocycles. The molecule has 0 aliphatic heterocycles. The van der Waals surface area contributed by atoms with Crippen LogP contribution in [0.1, 0.15) is 29.2 Å². The maximum Gasteiger partial charge on any atom is 0.261 e. The Bertz CT molecular complexity index is 1120. The van der Waals surface area contributed by atoms with E-state index < -0.39 is 6.04 Å². The predicted molar refractivity (Wildman–Crippen MR) is 136 cm³/mol. The molecular formula is C28H31ClN2O3. The summed E-state index contributed by atoms with van der Waals surface area (Å²) in [5.41, 5.74) is 3.80. The molecule has 5 nitrogen and oxygen atoms in total. The largest absolute Gasteiger partial charge is 0.483 e. The molecule has 178 valence electrons. The average molecular weight is 479 g/mol. The van der Waals surface area contributed by atoms with Crippen LogP contribution in [-0.2, 0) is 22.6 Å². The molecule has 1 unspecified atom stereocenters. The van der Waals surface area contributed by atoms with Crippen molar-refractivity contribution in [2.24, 2.45) is 0 Å². The molecule has 0 aliphatic rings. The molecule has 34 heavy (non-hydrogen) atoms. The molecule has 0 aliphatic carbocycles. The normalized spacial score (nSPS) is 11.5. The zero-order chi connectivity index (χ0) is 24.5. The van der Waals surface area contributed by atoms with Crippen LogP contribution < -0.4 is 10.1 Å². The molecule has 0 heterocycles. The van der Waals surface area contributed by atoms with Gasteiger partial charge in [-0.25, -0.2) is 0 Å². The van der Waals surface area contributed by atoms with Crippen LogP contribution in [0.2, 0.25) is 5.02 Å². The fourth-order valence-electron chi connectivity index (χ4n) is 3.76. The fourth-order valence-corrected chi connectivity index (χ4v) is 3.95. The van der Waals surface area contributed by atoms with E-state index in [2.05, 4.69) is 5.32 Å². The van der Waals surface area contributed by atoms with Gasteiger partial charge in [0.2, 0.25) is 5.91 Å². The van der Waals surface area contributed by atoms with E-state index in [0.29, 0.717) is 23.7 Å². The predicted octanol–water partition coefficient (Wildman–Crippen LogP) is 5.11. The maximum absolute atomic E-state index is 13.5. The summed E-state index contributed by atoms with van der Waals surface area (Å²) in [7, 11) is 0. The second-order valence-electron chi connectivity index (χ2n) is 8.20. The zero-order valence-corrected chi connectivity index (χ0v) is 20.6. The summed E-state index contributed by atoms with van der Waals surface area (Å²) in [6.45, 7) is 6.31. The summed E-state index contributed by atoms with van der Waals surface area (Å²) in [6.07, 6.45) is 0.381. The van der Waals surface area contributed by atoms with Gasteiger partial charge in [0.15, 0.2) is 6.61 Å². The third kappa shape index (κ3) is 6.61. The highest BCUT2D eigenvalue weighted by molar-refractivity contribution is 6.31. The van der Waals surface area contributed by atoms with Crippen molar-refractivity contribution < 1.29 is 14.3 Å². The van der Waals surface area contributed by atoms with Gasteiger partial charge in [-0.15, -0.1) is 0 Å². The second-order valence-corrected chi connectivity index (χ2v) is 8.61. The molecule has 0 spiro atoms. The van der Waals surface area contributed by atoms with Crippen molar-refractivity contribution in [3.8, 4) is 5.75 Å². The number of nitrogens with zero attached hydrogens (tertiary/aromatic N) is 1. The number of aryl methyl sites for hydroxylation is 1. The topological polar surface area (TPSA) is 58.6 Å². The molecule has 1 atom stereocenters. The van der Waals surface area contributed by atoms with Crippen LogP contribution in [0.5, 0.6) is 5.75 Å². The van der Waals surface area contributed by atoms with Gasteiger partial charge >= 0.3 is 0 Å². The summed E-state index contributed by atoms with van der Waals surface area (Å²) in [4.78, 5) is 28.3. The Morgan fingerprint density at radius 3 is 2.38 bits per heavy atom. The summed E-state index contributed by atoms with van der Waals surface area (Å²) in [6, 6.07) is 22.1. The van der Waals surface area contributed by atoms with Gasteiger partial charge in [-0.2, -0.15) is 0 Å². The molecule has 3 aromatic rings. The molecule has 6 heteroatoms. The van der Waals surface area contributed by atoms with Gasteiger partial charge in [-0.1, -0.05) is 72.3 Å². The third-order valence-electron chi connectivity index (χ3n) is 5.83. The van der Waals surface area contributed by atoms with E-state index in [1.807, 2.05) is 87.5 Å². The number of rotatable bonds is 10. The molecule has 0 radical (unpaired) electrons. The molecule has 1 N–H and O–H groups in total. The highest BCUT2D eigenvalue weighted by atomic mass is 35.5. The molecule has 0 saturated heterocycles. The Balaban J connectivity index is 1.92. The van der Waals surface area contributed by atoms with Crippen molar-refractivity contribution in [1.29, 1.82) is 0 Å². The SMILES string of the molecule is CCNC(=O)C(Cc1ccccc1)N(Cc1ccccc1Cl)C(=O)COc1cccc(C)c1C. The molecule has 2 amide bonds. The first-order valence-electron chi connectivity index (χ1n) is 11.4. The van der Waals surface area contributed by atoms with Gasteiger partial charge in [0.25, 0.3) is 5.91 Å². The van der Waals surface area contributed by atoms with Gasteiger partial charge in [0.1, 0.15) is 11.8 Å². The number of benzene rings is 3. The minimum Gasteiger partial charge on any atom is -0.483 e. The summed E-state index contributed by atoms with van der Waals surface area (Å²) in [5, 5.41) is 3.43. The lowest BCUT2D eigenvalue weighted by atomic mass is 10.0. The smallest absolute Gasteiger partial charge is 0.261 e. The number of ether oxygens (including phenoxy) is 1. The lowest BCUT2D eigenvalue weighted by molar-refractivity contribution is -0.142. The quantitative estimate of drug-likeness (QED) is 0.440. The fraction of sp³-hybridized carbons (Fsp3) is 0.286. The number of nitrogens with one attached hydrogen (secondary N) is 1. The minimum absolute atomic E-state index is 0.181. The van der Waals surface area contributed by atoms with Crippen molar-refractivity contribution in [2.45, 2.75) is 39.8 Å². The number of hydrogen-bond acceptors (Lipinski definition) is 3. The Hall–Kier alpha value is -3.31. The first-order valence-corrected chi connectivity index (χ1v) is 11.8. The zero-order valence-electron chi connectivity index (χ0n) is 19.9. The van der Waals surface area contributed by atoms with E-state index in [-0.39, 0.29) is 25.0 Å². The van der Waals surface area contributed by atoms with Crippen LogP contribution in [0.15, 0.2) is 72.8 Å². The van der Waals surface area contributed by atoms with Crippen molar-refractivity contribution in [3.05, 3.63) is 100 Å². The number of carbonyl (C=O) groups is 2. The highest BCUT2D eigenvalue weighted by Crippen LogP contribution is 2.23. The van der Waals surface area contributed by atoms with E-state index in [4.69, 9.17) is 16.3 Å². The first-order chi connectivity index (χ1) is 16.4. The van der Waals surface area contributed by atoms with Crippen LogP contribution in [0, 0.1) is 13.8 Å². The Morgan fingerprint density at radius 2 is 1.68 bits per heavy atom. The van der Waals surface area contributed by atoms with Gasteiger partial charge in [0.05, 0.1) is 0 Å². The minimum atomic E-state index is -0.715. The number of amides is 2. The van der Waals surface area contributed by atoms with Crippen LogP contribution in [0.3, 0.4) is 0 Å². The molecule has 0 saturated carbocycles. The van der Waals surface area contributed by atoms with E-state index in [1.165, 1.54) is 0 Å². The van der Waals surface area contributed by atoms with Crippen molar-refractivity contribution in [1.82, 2.24) is 10.2 Å². The summed E-state index contributed by atoms with van der Waals surface area (Å²) < 4.78 is 5.91. The molecular weight excluding hydrogens is 448 g/mol. The van der Waals surface area contributed by atoms with Gasteiger partial charge < -0.3 is 15.0 Å². The Kier molecular flexibility index (Phi) is 9.11. The average Bonchev–Trinajstić information content (AvgIpc) is 2.84. The molecule has 0 bridgehead atoms. The monoisotopic (exact) mass is 478 g/mol. The van der Waals surface area contributed by atoms with Gasteiger partial charge in [-0.05, 0) is 55.2 Å². The highest BCUT2D eigenvalue weighted by Gasteiger charge is 2.31. The van der Waals surface area contributed by atoms with Crippen molar-refractivity contribution >= 4 is 23.4 Å². The lowest BCUT2D eigenvalue weighted by Gasteiger charge is -2.31. The van der Waals surface area contributed by atoms with Gasteiger partial charge in [-0.3, -0.25) is 9.59 Å². The Morgan fingerprint density at radius 1 is 0.971 bits per heavy atom.